The van der Waals surface area contributed by atoms with E-state index in [4.69, 9.17) is 20.9 Å². The molecule has 5 nitrogen and oxygen atoms in total. The van der Waals surface area contributed by atoms with Crippen LogP contribution >= 0.6 is 11.6 Å². The van der Waals surface area contributed by atoms with Gasteiger partial charge in [0.15, 0.2) is 0 Å². The molecular formula is C32H28ClNO4. The van der Waals surface area contributed by atoms with Gasteiger partial charge in [0.05, 0.1) is 16.1 Å². The first-order valence-electron chi connectivity index (χ1n) is 13.3. The molecule has 0 amide bonds. The number of aromatic nitrogens is 1. The molecule has 7 rings (SSSR count). The van der Waals surface area contributed by atoms with Crippen LogP contribution in [0.3, 0.4) is 0 Å². The SMILES string of the molecule is Cc1cccc(Cl)c1-c1noc(C2CC2)c1COc1ccc2c(c1)CCc1ccc(C(=O)O)cc1C21CC1. The Morgan fingerprint density at radius 2 is 1.89 bits per heavy atom. The Bertz CT molecular complexity index is 1570. The second-order valence-corrected chi connectivity index (χ2v) is 11.4. The van der Waals surface area contributed by atoms with Gasteiger partial charge in [-0.2, -0.15) is 0 Å². The quantitative estimate of drug-likeness (QED) is 0.280. The first-order chi connectivity index (χ1) is 18.4. The third-order valence-electron chi connectivity index (χ3n) is 8.49. The third kappa shape index (κ3) is 3.83. The maximum absolute atomic E-state index is 11.7. The van der Waals surface area contributed by atoms with Crippen molar-refractivity contribution >= 4 is 17.6 Å². The van der Waals surface area contributed by atoms with Gasteiger partial charge in [0, 0.05) is 16.9 Å². The van der Waals surface area contributed by atoms with Gasteiger partial charge in [-0.25, -0.2) is 4.79 Å². The molecule has 1 heterocycles. The second kappa shape index (κ2) is 8.74. The van der Waals surface area contributed by atoms with E-state index in [-0.39, 0.29) is 5.41 Å². The van der Waals surface area contributed by atoms with E-state index < -0.39 is 5.97 Å². The summed E-state index contributed by atoms with van der Waals surface area (Å²) >= 11 is 6.60. The van der Waals surface area contributed by atoms with E-state index in [9.17, 15) is 9.90 Å². The summed E-state index contributed by atoms with van der Waals surface area (Å²) in [4.78, 5) is 11.7. The third-order valence-corrected chi connectivity index (χ3v) is 8.80. The zero-order valence-corrected chi connectivity index (χ0v) is 22.0. The number of aryl methyl sites for hydroxylation is 3. The van der Waals surface area contributed by atoms with Crippen LogP contribution in [0, 0.1) is 6.92 Å². The van der Waals surface area contributed by atoms with Gasteiger partial charge in [-0.1, -0.05) is 41.0 Å². The highest BCUT2D eigenvalue weighted by Crippen LogP contribution is 2.57. The molecule has 1 N–H and O–H groups in total. The van der Waals surface area contributed by atoms with E-state index >= 15 is 0 Å². The van der Waals surface area contributed by atoms with Gasteiger partial charge in [-0.05, 0) is 104 Å². The minimum absolute atomic E-state index is 0.0759. The minimum atomic E-state index is -0.873. The van der Waals surface area contributed by atoms with Crippen molar-refractivity contribution in [1.82, 2.24) is 5.16 Å². The fraction of sp³-hybridized carbons (Fsp3) is 0.312. The van der Waals surface area contributed by atoms with Crippen LogP contribution in [-0.2, 0) is 24.9 Å². The largest absolute Gasteiger partial charge is 0.489 e. The summed E-state index contributed by atoms with van der Waals surface area (Å²) in [5, 5.41) is 14.7. The summed E-state index contributed by atoms with van der Waals surface area (Å²) in [7, 11) is 0. The molecule has 0 radical (unpaired) electrons. The summed E-state index contributed by atoms with van der Waals surface area (Å²) < 4.78 is 12.3. The summed E-state index contributed by atoms with van der Waals surface area (Å²) in [6.07, 6.45) is 6.09. The number of benzene rings is 3. The number of carbonyl (C=O) groups is 1. The number of fused-ring (bicyclic) bond motifs is 4. The standard InChI is InChI=1S/C32H28ClNO4/c1-18-3-2-4-27(33)28(18)29-24(30(38-34-29)20-7-8-20)17-37-23-11-12-25-21(15-23)9-5-19-6-10-22(31(35)36)16-26(19)32(25)13-14-32/h2-4,6,10-12,15-16,20H,5,7-9,13-14,17H2,1H3,(H,35,36). The molecule has 1 aromatic heterocycles. The van der Waals surface area contributed by atoms with Gasteiger partial charge in [-0.3, -0.25) is 0 Å². The maximum Gasteiger partial charge on any atom is 0.335 e. The van der Waals surface area contributed by atoms with Crippen molar-refractivity contribution < 1.29 is 19.2 Å². The van der Waals surface area contributed by atoms with Crippen molar-refractivity contribution in [3.05, 3.63) is 104 Å². The van der Waals surface area contributed by atoms with E-state index in [0.717, 1.165) is 72.4 Å². The Kier molecular flexibility index (Phi) is 5.41. The maximum atomic E-state index is 11.7. The highest BCUT2D eigenvalue weighted by atomic mass is 35.5. The fourth-order valence-corrected chi connectivity index (χ4v) is 6.51. The van der Waals surface area contributed by atoms with Crippen LogP contribution in [-0.4, -0.2) is 16.2 Å². The average Bonchev–Trinajstić information content (AvgIpc) is 3.84. The number of halogens is 1. The first kappa shape index (κ1) is 23.5. The molecule has 38 heavy (non-hydrogen) atoms. The molecule has 0 bridgehead atoms. The van der Waals surface area contributed by atoms with Crippen LogP contribution in [0.1, 0.15) is 81.1 Å². The molecule has 0 saturated heterocycles. The van der Waals surface area contributed by atoms with E-state index in [1.165, 1.54) is 22.3 Å². The van der Waals surface area contributed by atoms with Crippen LogP contribution in [0.25, 0.3) is 11.3 Å². The zero-order chi connectivity index (χ0) is 26.0. The number of ether oxygens (including phenoxy) is 1. The topological polar surface area (TPSA) is 72.6 Å². The van der Waals surface area contributed by atoms with Crippen LogP contribution in [0.4, 0.5) is 0 Å². The van der Waals surface area contributed by atoms with Gasteiger partial charge < -0.3 is 14.4 Å². The number of nitrogens with zero attached hydrogens (tertiary/aromatic N) is 1. The van der Waals surface area contributed by atoms with Crippen LogP contribution in [0.15, 0.2) is 59.1 Å². The number of aromatic carboxylic acids is 1. The number of hydrogen-bond acceptors (Lipinski definition) is 4. The molecule has 192 valence electrons. The van der Waals surface area contributed by atoms with Crippen LogP contribution in [0.5, 0.6) is 5.75 Å². The molecule has 4 aromatic rings. The molecule has 0 atom stereocenters. The smallest absolute Gasteiger partial charge is 0.335 e. The Morgan fingerprint density at radius 3 is 2.63 bits per heavy atom. The highest BCUT2D eigenvalue weighted by molar-refractivity contribution is 6.33. The van der Waals surface area contributed by atoms with Crippen molar-refractivity contribution in [2.75, 3.05) is 0 Å². The fourth-order valence-electron chi connectivity index (χ4n) is 6.20. The number of carboxylic acid groups (broad SMARTS) is 1. The first-order valence-corrected chi connectivity index (χ1v) is 13.7. The Hall–Kier alpha value is -3.57. The zero-order valence-electron chi connectivity index (χ0n) is 21.2. The molecule has 3 aliphatic rings. The lowest BCUT2D eigenvalue weighted by molar-refractivity contribution is 0.0696. The van der Waals surface area contributed by atoms with Crippen molar-refractivity contribution in [1.29, 1.82) is 0 Å². The number of hydrogen-bond donors (Lipinski definition) is 1. The molecule has 2 fully saturated rings. The Balaban J connectivity index is 1.20. The van der Waals surface area contributed by atoms with Crippen molar-refractivity contribution in [2.45, 2.75) is 63.4 Å². The predicted molar refractivity (Wildman–Crippen MR) is 145 cm³/mol. The molecule has 0 unspecified atom stereocenters. The predicted octanol–water partition coefficient (Wildman–Crippen LogP) is 7.64. The molecule has 6 heteroatoms. The molecule has 2 saturated carbocycles. The summed E-state index contributed by atoms with van der Waals surface area (Å²) in [5.41, 5.74) is 9.02. The van der Waals surface area contributed by atoms with Crippen molar-refractivity contribution in [3.8, 4) is 17.0 Å². The second-order valence-electron chi connectivity index (χ2n) is 10.9. The van der Waals surface area contributed by atoms with E-state index in [1.807, 2.05) is 37.3 Å². The van der Waals surface area contributed by atoms with Gasteiger partial charge in [0.1, 0.15) is 23.8 Å². The van der Waals surface area contributed by atoms with Gasteiger partial charge in [-0.15, -0.1) is 0 Å². The van der Waals surface area contributed by atoms with E-state index in [0.29, 0.717) is 23.1 Å². The Labute approximate surface area is 226 Å². The van der Waals surface area contributed by atoms with Crippen LogP contribution < -0.4 is 4.74 Å². The minimum Gasteiger partial charge on any atom is -0.489 e. The van der Waals surface area contributed by atoms with Gasteiger partial charge in [0.25, 0.3) is 0 Å². The van der Waals surface area contributed by atoms with Crippen LogP contribution in [0.2, 0.25) is 5.02 Å². The Morgan fingerprint density at radius 1 is 1.08 bits per heavy atom. The molecule has 0 aliphatic heterocycles. The van der Waals surface area contributed by atoms with E-state index in [1.54, 1.807) is 6.07 Å². The molecular weight excluding hydrogens is 498 g/mol. The van der Waals surface area contributed by atoms with Crippen molar-refractivity contribution in [2.24, 2.45) is 0 Å². The highest BCUT2D eigenvalue weighted by Gasteiger charge is 2.49. The van der Waals surface area contributed by atoms with Crippen molar-refractivity contribution in [3.63, 3.8) is 0 Å². The summed E-state index contributed by atoms with van der Waals surface area (Å²) in [6, 6.07) is 17.9. The lowest BCUT2D eigenvalue weighted by Gasteiger charge is -2.20. The normalized spacial score (nSPS) is 17.0. The monoisotopic (exact) mass is 525 g/mol. The lowest BCUT2D eigenvalue weighted by atomic mass is 9.84. The molecule has 1 spiro atoms. The average molecular weight is 526 g/mol. The summed E-state index contributed by atoms with van der Waals surface area (Å²) in [5.74, 6) is 1.26. The number of rotatable bonds is 6. The molecule has 3 aromatic carbocycles. The van der Waals surface area contributed by atoms with Gasteiger partial charge in [0.2, 0.25) is 0 Å². The molecule has 3 aliphatic carbocycles. The lowest BCUT2D eigenvalue weighted by Crippen LogP contribution is -2.12. The van der Waals surface area contributed by atoms with Gasteiger partial charge >= 0.3 is 5.97 Å². The number of carboxylic acids is 1. The summed E-state index contributed by atoms with van der Waals surface area (Å²) in [6.45, 7) is 2.40. The van der Waals surface area contributed by atoms with E-state index in [2.05, 4.69) is 23.4 Å².